The summed E-state index contributed by atoms with van der Waals surface area (Å²) in [6, 6.07) is 13.0. The van der Waals surface area contributed by atoms with Crippen LogP contribution in [0.3, 0.4) is 0 Å². The Kier molecular flexibility index (Phi) is 4.85. The smallest absolute Gasteiger partial charge is 0.137 e. The summed E-state index contributed by atoms with van der Waals surface area (Å²) in [6.07, 6.45) is 1.72. The van der Waals surface area contributed by atoms with Crippen LogP contribution in [0.4, 0.5) is 5.69 Å². The number of methoxy groups -OCH3 is 2. The van der Waals surface area contributed by atoms with Gasteiger partial charge in [0, 0.05) is 0 Å². The topological polar surface area (TPSA) is 42.8 Å². The predicted octanol–water partition coefficient (Wildman–Crippen LogP) is 3.80. The number of halogens is 1. The Labute approximate surface area is 123 Å². The van der Waals surface area contributed by atoms with E-state index in [2.05, 4.69) is 10.5 Å². The summed E-state index contributed by atoms with van der Waals surface area (Å²) in [5.41, 5.74) is 4.67. The zero-order valence-electron chi connectivity index (χ0n) is 11.3. The van der Waals surface area contributed by atoms with Gasteiger partial charge in [0.25, 0.3) is 0 Å². The van der Waals surface area contributed by atoms with Gasteiger partial charge in [0.15, 0.2) is 0 Å². The number of ether oxygens (including phenoxy) is 2. The molecule has 0 aliphatic rings. The van der Waals surface area contributed by atoms with Gasteiger partial charge in [-0.05, 0) is 48.0 Å². The minimum atomic E-state index is 0.539. The molecule has 0 amide bonds. The Morgan fingerprint density at radius 1 is 1.05 bits per heavy atom. The highest BCUT2D eigenvalue weighted by Gasteiger charge is 2.00. The molecule has 0 aliphatic heterocycles. The standard InChI is InChI=1S/C15H15ClN2O2/c1-19-13-6-3-11(4-7-13)10-17-18-12-5-8-15(20-2)14(16)9-12/h3-10,18H,1-2H3/b17-10+. The summed E-state index contributed by atoms with van der Waals surface area (Å²) in [6.45, 7) is 0. The molecule has 2 aromatic carbocycles. The highest BCUT2D eigenvalue weighted by atomic mass is 35.5. The SMILES string of the molecule is COc1ccc(/C=N/Nc2ccc(OC)c(Cl)c2)cc1. The number of nitrogens with zero attached hydrogens (tertiary/aromatic N) is 1. The lowest BCUT2D eigenvalue weighted by Crippen LogP contribution is -1.92. The Morgan fingerprint density at radius 3 is 2.40 bits per heavy atom. The minimum absolute atomic E-state index is 0.539. The highest BCUT2D eigenvalue weighted by molar-refractivity contribution is 6.32. The van der Waals surface area contributed by atoms with Gasteiger partial charge in [-0.2, -0.15) is 5.10 Å². The number of hydrazone groups is 1. The van der Waals surface area contributed by atoms with Gasteiger partial charge in [-0.15, -0.1) is 0 Å². The second-order valence-corrected chi connectivity index (χ2v) is 4.40. The summed E-state index contributed by atoms with van der Waals surface area (Å²) < 4.78 is 10.2. The maximum absolute atomic E-state index is 6.03. The highest BCUT2D eigenvalue weighted by Crippen LogP contribution is 2.27. The molecule has 0 aliphatic carbocycles. The first-order chi connectivity index (χ1) is 9.72. The normalized spacial score (nSPS) is 10.6. The van der Waals surface area contributed by atoms with Crippen molar-refractivity contribution in [1.82, 2.24) is 0 Å². The Balaban J connectivity index is 2.00. The zero-order chi connectivity index (χ0) is 14.4. The van der Waals surface area contributed by atoms with E-state index in [1.807, 2.05) is 30.3 Å². The van der Waals surface area contributed by atoms with Crippen molar-refractivity contribution in [2.24, 2.45) is 5.10 Å². The van der Waals surface area contributed by atoms with E-state index in [1.54, 1.807) is 32.6 Å². The van der Waals surface area contributed by atoms with Crippen LogP contribution in [-0.4, -0.2) is 20.4 Å². The van der Waals surface area contributed by atoms with Crippen LogP contribution >= 0.6 is 11.6 Å². The minimum Gasteiger partial charge on any atom is -0.497 e. The molecule has 0 saturated heterocycles. The fourth-order valence-electron chi connectivity index (χ4n) is 1.61. The molecule has 4 nitrogen and oxygen atoms in total. The zero-order valence-corrected chi connectivity index (χ0v) is 12.0. The van der Waals surface area contributed by atoms with E-state index in [9.17, 15) is 0 Å². The lowest BCUT2D eigenvalue weighted by Gasteiger charge is -2.05. The van der Waals surface area contributed by atoms with Crippen LogP contribution in [0.1, 0.15) is 5.56 Å². The van der Waals surface area contributed by atoms with E-state index in [0.717, 1.165) is 17.0 Å². The molecule has 1 N–H and O–H groups in total. The number of benzene rings is 2. The average molecular weight is 291 g/mol. The molecule has 0 heterocycles. The number of nitrogens with one attached hydrogen (secondary N) is 1. The molecular formula is C15H15ClN2O2. The molecular weight excluding hydrogens is 276 g/mol. The number of anilines is 1. The monoisotopic (exact) mass is 290 g/mol. The number of rotatable bonds is 5. The molecule has 0 fully saturated rings. The maximum atomic E-state index is 6.03. The van der Waals surface area contributed by atoms with Crippen molar-refractivity contribution < 1.29 is 9.47 Å². The number of hydrogen-bond acceptors (Lipinski definition) is 4. The molecule has 104 valence electrons. The van der Waals surface area contributed by atoms with Crippen LogP contribution in [-0.2, 0) is 0 Å². The van der Waals surface area contributed by atoms with Gasteiger partial charge in [-0.3, -0.25) is 5.43 Å². The lowest BCUT2D eigenvalue weighted by atomic mass is 10.2. The van der Waals surface area contributed by atoms with Crippen LogP contribution < -0.4 is 14.9 Å². The van der Waals surface area contributed by atoms with E-state index >= 15 is 0 Å². The molecule has 0 radical (unpaired) electrons. The first-order valence-electron chi connectivity index (χ1n) is 5.99. The van der Waals surface area contributed by atoms with Gasteiger partial charge in [0.05, 0.1) is 31.1 Å². The van der Waals surface area contributed by atoms with Gasteiger partial charge in [-0.25, -0.2) is 0 Å². The molecule has 5 heteroatoms. The average Bonchev–Trinajstić information content (AvgIpc) is 2.48. The Morgan fingerprint density at radius 2 is 1.80 bits per heavy atom. The van der Waals surface area contributed by atoms with Crippen molar-refractivity contribution in [2.75, 3.05) is 19.6 Å². The summed E-state index contributed by atoms with van der Waals surface area (Å²) in [4.78, 5) is 0. The van der Waals surface area contributed by atoms with Crippen molar-refractivity contribution in [2.45, 2.75) is 0 Å². The lowest BCUT2D eigenvalue weighted by molar-refractivity contribution is 0.415. The van der Waals surface area contributed by atoms with Crippen LogP contribution in [0, 0.1) is 0 Å². The van der Waals surface area contributed by atoms with Crippen LogP contribution in [0.5, 0.6) is 11.5 Å². The molecule has 0 atom stereocenters. The summed E-state index contributed by atoms with van der Waals surface area (Å²) in [5, 5.41) is 4.69. The van der Waals surface area contributed by atoms with Crippen molar-refractivity contribution in [3.05, 3.63) is 53.1 Å². The quantitative estimate of drug-likeness (QED) is 0.673. The maximum Gasteiger partial charge on any atom is 0.137 e. The third-order valence-corrected chi connectivity index (χ3v) is 2.97. The van der Waals surface area contributed by atoms with E-state index < -0.39 is 0 Å². The van der Waals surface area contributed by atoms with E-state index in [1.165, 1.54) is 0 Å². The van der Waals surface area contributed by atoms with Gasteiger partial charge < -0.3 is 9.47 Å². The van der Waals surface area contributed by atoms with Crippen LogP contribution in [0.15, 0.2) is 47.6 Å². The molecule has 2 aromatic rings. The summed E-state index contributed by atoms with van der Waals surface area (Å²) in [7, 11) is 3.22. The predicted molar refractivity (Wildman–Crippen MR) is 82.2 cm³/mol. The number of hydrogen-bond donors (Lipinski definition) is 1. The third kappa shape index (κ3) is 3.65. The first kappa shape index (κ1) is 14.2. The van der Waals surface area contributed by atoms with Gasteiger partial charge in [-0.1, -0.05) is 11.6 Å². The third-order valence-electron chi connectivity index (χ3n) is 2.67. The van der Waals surface area contributed by atoms with Crippen molar-refractivity contribution in [3.8, 4) is 11.5 Å². The molecule has 0 bridgehead atoms. The van der Waals surface area contributed by atoms with Crippen molar-refractivity contribution >= 4 is 23.5 Å². The van der Waals surface area contributed by atoms with Crippen molar-refractivity contribution in [1.29, 1.82) is 0 Å². The fourth-order valence-corrected chi connectivity index (χ4v) is 1.86. The van der Waals surface area contributed by atoms with Gasteiger partial charge in [0.2, 0.25) is 0 Å². The van der Waals surface area contributed by atoms with Gasteiger partial charge in [0.1, 0.15) is 11.5 Å². The first-order valence-corrected chi connectivity index (χ1v) is 6.37. The molecule has 20 heavy (non-hydrogen) atoms. The van der Waals surface area contributed by atoms with E-state index in [0.29, 0.717) is 10.8 Å². The van der Waals surface area contributed by atoms with E-state index in [4.69, 9.17) is 21.1 Å². The Bertz CT molecular complexity index is 597. The Hall–Kier alpha value is -2.20. The van der Waals surface area contributed by atoms with Crippen LogP contribution in [0.25, 0.3) is 0 Å². The van der Waals surface area contributed by atoms with Gasteiger partial charge >= 0.3 is 0 Å². The molecule has 0 unspecified atom stereocenters. The molecule has 0 saturated carbocycles. The molecule has 0 spiro atoms. The summed E-state index contributed by atoms with van der Waals surface area (Å²) in [5.74, 6) is 1.45. The fraction of sp³-hybridized carbons (Fsp3) is 0.133. The largest absolute Gasteiger partial charge is 0.497 e. The second kappa shape index (κ2) is 6.82. The molecule has 0 aromatic heterocycles. The second-order valence-electron chi connectivity index (χ2n) is 3.99. The summed E-state index contributed by atoms with van der Waals surface area (Å²) >= 11 is 6.03. The van der Waals surface area contributed by atoms with E-state index in [-0.39, 0.29) is 0 Å². The molecule has 2 rings (SSSR count). The van der Waals surface area contributed by atoms with Crippen molar-refractivity contribution in [3.63, 3.8) is 0 Å². The van der Waals surface area contributed by atoms with Crippen LogP contribution in [0.2, 0.25) is 5.02 Å².